The standard InChI is InChI=1S/C111H124O12/c1-55-31-75(32-56(2)97(55)112)93(76-33-57(3)98(113)58(4)34-76)89-51-85(47-71(17)105(89)120)110(86-48-72(18)106(121)90(52-86)94(77-35-59(5)99(114)60(6)36-77)78-37-61(7)100(115)62(8)38-78)27-23-83(24-28-110)109(21,22)84-25-29-111(30-26-84,87-49-73(19)107(122)91(53-87)95(79-39-63(9)101(116)64(10)40-79)80-41-65(11)102(117)66(12)42-80)88-50-74(20)108(123)92(54-88)96(81-43-67(13)103(118)68(14)44-81)82-45-69(15)104(119)70(16)46-82/h31-54,83-84,93-96,112-123H,23-30H2,1-22H3. The lowest BCUT2D eigenvalue weighted by molar-refractivity contribution is 0.0364. The maximum absolute atomic E-state index is 13.0. The SMILES string of the molecule is Cc1cc(C(c2cc(C)c(O)c(C)c2)c2cc(C3(c4cc(C)c(O)c(C(c5cc(C)c(O)c(C)c5)c5cc(C)c(O)c(C)c5)c4)CCC(C(C)(C)C4CCC(c5cc(C)c(O)c(C(c6cc(C)c(O)c(C)c6)c6cc(C)c(O)c(C)c6)c5)(c5cc(C)c(O)c(C(c6cc(C)c(O)c(C)c6)c6cc(C)c(O)c(C)c6)c5)CC4)CC3)cc(C)c2O)cc(C)c1O. The third kappa shape index (κ3) is 15.5. The molecule has 2 saturated carbocycles. The molecular weight excluding hydrogens is 1530 g/mol. The number of hydrogen-bond acceptors (Lipinski definition) is 12. The van der Waals surface area contributed by atoms with Gasteiger partial charge in [-0.2, -0.15) is 0 Å². The third-order valence-electron chi connectivity index (χ3n) is 29.3. The number of phenols is 12. The van der Waals surface area contributed by atoms with E-state index < -0.39 is 34.5 Å². The van der Waals surface area contributed by atoms with Gasteiger partial charge in [0.05, 0.1) is 0 Å². The smallest absolute Gasteiger partial charge is 0.122 e. The molecular formula is C111H124O12. The average molecular weight is 1650 g/mol. The van der Waals surface area contributed by atoms with Crippen LogP contribution in [0.4, 0.5) is 0 Å². The summed E-state index contributed by atoms with van der Waals surface area (Å²) in [6, 6.07) is 49.5. The Kier molecular flexibility index (Phi) is 23.4. The Morgan fingerprint density at radius 2 is 0.317 bits per heavy atom. The van der Waals surface area contributed by atoms with E-state index in [1.165, 1.54) is 0 Å². The Labute approximate surface area is 727 Å². The minimum Gasteiger partial charge on any atom is -0.507 e. The van der Waals surface area contributed by atoms with E-state index in [4.69, 9.17) is 0 Å². The number of aryl methyl sites for hydroxylation is 20. The van der Waals surface area contributed by atoms with Gasteiger partial charge in [-0.15, -0.1) is 0 Å². The van der Waals surface area contributed by atoms with Crippen LogP contribution in [0.25, 0.3) is 0 Å². The zero-order valence-electron chi connectivity index (χ0n) is 75.8. The van der Waals surface area contributed by atoms with Gasteiger partial charge in [0, 0.05) is 56.8 Å². The van der Waals surface area contributed by atoms with Crippen molar-refractivity contribution in [2.45, 2.75) is 238 Å². The monoisotopic (exact) mass is 1650 g/mol. The van der Waals surface area contributed by atoms with Gasteiger partial charge in [-0.3, -0.25) is 0 Å². The molecule has 0 atom stereocenters. The van der Waals surface area contributed by atoms with Gasteiger partial charge in [0.2, 0.25) is 0 Å². The molecule has 2 aliphatic rings. The fourth-order valence-electron chi connectivity index (χ4n) is 22.2. The van der Waals surface area contributed by atoms with Crippen LogP contribution in [0, 0.1) is 156 Å². The normalized spacial score (nSPS) is 14.6. The van der Waals surface area contributed by atoms with Crippen molar-refractivity contribution in [2.75, 3.05) is 0 Å². The van der Waals surface area contributed by atoms with E-state index in [0.717, 1.165) is 92.4 Å². The highest BCUT2D eigenvalue weighted by Crippen LogP contribution is 2.61. The molecule has 2 aliphatic carbocycles. The molecule has 0 aliphatic heterocycles. The van der Waals surface area contributed by atoms with Gasteiger partial charge >= 0.3 is 0 Å². The average Bonchev–Trinajstić information content (AvgIpc) is 0.730. The van der Waals surface area contributed by atoms with Gasteiger partial charge in [-0.25, -0.2) is 0 Å². The molecule has 12 heteroatoms. The molecule has 0 bridgehead atoms. The topological polar surface area (TPSA) is 243 Å². The largest absolute Gasteiger partial charge is 0.507 e. The Balaban J connectivity index is 0.940. The maximum Gasteiger partial charge on any atom is 0.122 e. The lowest BCUT2D eigenvalue weighted by Gasteiger charge is -2.52. The van der Waals surface area contributed by atoms with Crippen LogP contribution in [0.3, 0.4) is 0 Å². The summed E-state index contributed by atoms with van der Waals surface area (Å²) >= 11 is 0. The van der Waals surface area contributed by atoms with E-state index in [2.05, 4.69) is 62.4 Å². The zero-order valence-corrected chi connectivity index (χ0v) is 75.8. The maximum atomic E-state index is 13.0. The third-order valence-corrected chi connectivity index (χ3v) is 29.3. The molecule has 0 saturated heterocycles. The number of phenolic OH excluding ortho intramolecular Hbond substituents is 12. The second-order valence-electron chi connectivity index (χ2n) is 38.2. The summed E-state index contributed by atoms with van der Waals surface area (Å²) < 4.78 is 0. The zero-order chi connectivity index (χ0) is 89.3. The summed E-state index contributed by atoms with van der Waals surface area (Å²) in [6.07, 6.45) is 5.91. The lowest BCUT2D eigenvalue weighted by Crippen LogP contribution is -2.43. The van der Waals surface area contributed by atoms with Crippen LogP contribution in [-0.4, -0.2) is 61.3 Å². The van der Waals surface area contributed by atoms with Crippen molar-refractivity contribution >= 4 is 0 Å². The van der Waals surface area contributed by atoms with Crippen molar-refractivity contribution in [3.63, 3.8) is 0 Å². The Hall–Kier alpha value is -11.8. The summed E-state index contributed by atoms with van der Waals surface area (Å²) in [6.45, 7) is 43.2. The van der Waals surface area contributed by atoms with E-state index in [1.807, 2.05) is 236 Å². The minimum atomic E-state index is -0.754. The summed E-state index contributed by atoms with van der Waals surface area (Å²) in [4.78, 5) is 0. The molecule has 0 radical (unpaired) electrons. The van der Waals surface area contributed by atoms with Crippen LogP contribution < -0.4 is 0 Å². The molecule has 0 amide bonds. The summed E-state index contributed by atoms with van der Waals surface area (Å²) in [5, 5.41) is 143. The van der Waals surface area contributed by atoms with E-state index >= 15 is 0 Å². The van der Waals surface area contributed by atoms with Gasteiger partial charge in [-0.1, -0.05) is 159 Å². The van der Waals surface area contributed by atoms with E-state index in [0.29, 0.717) is 159 Å². The van der Waals surface area contributed by atoms with Gasteiger partial charge in [-0.05, 0) is 385 Å². The molecule has 2 fully saturated rings. The number of hydrogen-bond donors (Lipinski definition) is 12. The number of rotatable bonds is 18. The summed E-state index contributed by atoms with van der Waals surface area (Å²) in [5.41, 5.74) is 25.7. The molecule has 12 nitrogen and oxygen atoms in total. The van der Waals surface area contributed by atoms with Gasteiger partial charge in [0.15, 0.2) is 0 Å². The highest BCUT2D eigenvalue weighted by atomic mass is 16.3. The fraction of sp³-hybridized carbons (Fsp3) is 0.351. The van der Waals surface area contributed by atoms with Crippen LogP contribution in [0.2, 0.25) is 0 Å². The molecule has 0 aromatic heterocycles. The van der Waals surface area contributed by atoms with Crippen LogP contribution in [0.1, 0.15) is 289 Å². The van der Waals surface area contributed by atoms with E-state index in [1.54, 1.807) is 0 Å². The molecule has 12 aromatic carbocycles. The number of aromatic hydroxyl groups is 12. The molecule has 12 N–H and O–H groups in total. The molecule has 12 aromatic rings. The van der Waals surface area contributed by atoms with Crippen molar-refractivity contribution in [1.29, 1.82) is 0 Å². The molecule has 0 spiro atoms. The van der Waals surface area contributed by atoms with Crippen molar-refractivity contribution in [2.24, 2.45) is 17.3 Å². The predicted molar refractivity (Wildman–Crippen MR) is 495 cm³/mol. The molecule has 0 heterocycles. The molecule has 0 unspecified atom stereocenters. The summed E-state index contributed by atoms with van der Waals surface area (Å²) in [5.74, 6) is 0.257. The van der Waals surface area contributed by atoms with E-state index in [-0.39, 0.29) is 86.2 Å². The predicted octanol–water partition coefficient (Wildman–Crippen LogP) is 25.7. The first kappa shape index (κ1) is 87.6. The highest BCUT2D eigenvalue weighted by Gasteiger charge is 2.50. The van der Waals surface area contributed by atoms with Gasteiger partial charge in [0.25, 0.3) is 0 Å². The van der Waals surface area contributed by atoms with Crippen LogP contribution in [-0.2, 0) is 10.8 Å². The van der Waals surface area contributed by atoms with Gasteiger partial charge in [0.1, 0.15) is 69.0 Å². The first-order valence-corrected chi connectivity index (χ1v) is 43.6. The molecule has 123 heavy (non-hydrogen) atoms. The Morgan fingerprint density at radius 1 is 0.195 bits per heavy atom. The van der Waals surface area contributed by atoms with Crippen molar-refractivity contribution in [1.82, 2.24) is 0 Å². The Bertz CT molecular complexity index is 5110. The van der Waals surface area contributed by atoms with Gasteiger partial charge < -0.3 is 61.3 Å². The van der Waals surface area contributed by atoms with Crippen LogP contribution in [0.15, 0.2) is 146 Å². The Morgan fingerprint density at radius 3 is 0.447 bits per heavy atom. The lowest BCUT2D eigenvalue weighted by atomic mass is 9.52. The molecule has 14 rings (SSSR count). The van der Waals surface area contributed by atoms with Crippen LogP contribution >= 0.6 is 0 Å². The second-order valence-corrected chi connectivity index (χ2v) is 38.2. The van der Waals surface area contributed by atoms with Crippen molar-refractivity contribution in [3.05, 3.63) is 346 Å². The first-order valence-electron chi connectivity index (χ1n) is 43.6. The number of benzene rings is 12. The first-order chi connectivity index (χ1) is 57.9. The summed E-state index contributed by atoms with van der Waals surface area (Å²) in [7, 11) is 0. The minimum absolute atomic E-state index is 0.139. The fourth-order valence-corrected chi connectivity index (χ4v) is 22.2. The van der Waals surface area contributed by atoms with Crippen molar-refractivity contribution in [3.8, 4) is 69.0 Å². The van der Waals surface area contributed by atoms with Crippen molar-refractivity contribution < 1.29 is 61.3 Å². The van der Waals surface area contributed by atoms with E-state index in [9.17, 15) is 61.3 Å². The highest BCUT2D eigenvalue weighted by molar-refractivity contribution is 5.67. The molecule has 640 valence electrons. The quantitative estimate of drug-likeness (QED) is 0.0359. The van der Waals surface area contributed by atoms with Crippen LogP contribution in [0.5, 0.6) is 69.0 Å². The second kappa shape index (κ2) is 32.8.